The number of rotatable bonds is 6. The number of carbonyl (C=O) groups is 1. The van der Waals surface area contributed by atoms with Gasteiger partial charge in [-0.2, -0.15) is 4.98 Å². The first-order valence-corrected chi connectivity index (χ1v) is 9.56. The molecule has 0 saturated carbocycles. The van der Waals surface area contributed by atoms with Gasteiger partial charge in [0.1, 0.15) is 5.82 Å². The number of aromatic nitrogens is 5. The molecule has 2 heterocycles. The summed E-state index contributed by atoms with van der Waals surface area (Å²) in [5.41, 5.74) is 1.35. The third-order valence-electron chi connectivity index (χ3n) is 3.94. The Labute approximate surface area is 169 Å². The lowest BCUT2D eigenvalue weighted by Gasteiger charge is -2.04. The molecular weight excluding hydrogens is 395 g/mol. The molecule has 0 atom stereocenters. The van der Waals surface area contributed by atoms with Gasteiger partial charge in [0.2, 0.25) is 17.6 Å². The monoisotopic (exact) mass is 410 g/mol. The molecule has 0 bridgehead atoms. The van der Waals surface area contributed by atoms with Crippen molar-refractivity contribution < 1.29 is 13.7 Å². The van der Waals surface area contributed by atoms with Crippen LogP contribution in [0.3, 0.4) is 0 Å². The second-order valence-electron chi connectivity index (χ2n) is 6.00. The molecule has 0 aliphatic carbocycles. The van der Waals surface area contributed by atoms with Crippen molar-refractivity contribution in [2.75, 3.05) is 11.1 Å². The molecule has 1 amide bonds. The van der Waals surface area contributed by atoms with Crippen LogP contribution >= 0.6 is 11.8 Å². The molecule has 29 heavy (non-hydrogen) atoms. The topological polar surface area (TPSA) is 98.7 Å². The molecule has 146 valence electrons. The zero-order chi connectivity index (χ0) is 20.2. The number of amides is 1. The summed E-state index contributed by atoms with van der Waals surface area (Å²) in [6.07, 6.45) is 0. The van der Waals surface area contributed by atoms with E-state index in [-0.39, 0.29) is 23.4 Å². The molecule has 0 unspecified atom stereocenters. The van der Waals surface area contributed by atoms with Gasteiger partial charge in [0, 0.05) is 18.3 Å². The minimum absolute atomic E-state index is 0.151. The number of nitrogens with one attached hydrogen (secondary N) is 1. The molecule has 0 aliphatic heterocycles. The molecule has 0 spiro atoms. The first-order chi connectivity index (χ1) is 14.1. The second kappa shape index (κ2) is 8.23. The van der Waals surface area contributed by atoms with Gasteiger partial charge in [0.25, 0.3) is 5.89 Å². The Morgan fingerprint density at radius 2 is 1.90 bits per heavy atom. The van der Waals surface area contributed by atoms with Gasteiger partial charge in [-0.05, 0) is 36.4 Å². The predicted molar refractivity (Wildman–Crippen MR) is 105 cm³/mol. The molecule has 8 nitrogen and oxygen atoms in total. The van der Waals surface area contributed by atoms with E-state index in [4.69, 9.17) is 4.52 Å². The number of benzene rings is 2. The minimum Gasteiger partial charge on any atom is -0.330 e. The lowest BCUT2D eigenvalue weighted by Crippen LogP contribution is -2.14. The summed E-state index contributed by atoms with van der Waals surface area (Å²) in [5, 5.41) is 15.4. The van der Waals surface area contributed by atoms with Crippen molar-refractivity contribution in [3.05, 3.63) is 60.4 Å². The van der Waals surface area contributed by atoms with E-state index in [1.165, 1.54) is 23.9 Å². The average Bonchev–Trinajstić information content (AvgIpc) is 3.34. The third kappa shape index (κ3) is 4.32. The van der Waals surface area contributed by atoms with Gasteiger partial charge < -0.3 is 14.4 Å². The van der Waals surface area contributed by atoms with Crippen molar-refractivity contribution in [2.45, 2.75) is 5.16 Å². The fraction of sp³-hybridized carbons (Fsp3) is 0.105. The van der Waals surface area contributed by atoms with Crippen LogP contribution < -0.4 is 5.32 Å². The van der Waals surface area contributed by atoms with Crippen LogP contribution in [0.1, 0.15) is 0 Å². The maximum absolute atomic E-state index is 13.1. The number of carbonyl (C=O) groups excluding carboxylic acids is 1. The maximum Gasteiger partial charge on any atom is 0.296 e. The van der Waals surface area contributed by atoms with E-state index in [9.17, 15) is 9.18 Å². The summed E-state index contributed by atoms with van der Waals surface area (Å²) < 4.78 is 20.0. The smallest absolute Gasteiger partial charge is 0.296 e. The van der Waals surface area contributed by atoms with Crippen LogP contribution in [0.2, 0.25) is 0 Å². The van der Waals surface area contributed by atoms with Crippen LogP contribution in [0.15, 0.2) is 64.3 Å². The fourth-order valence-electron chi connectivity index (χ4n) is 2.51. The Morgan fingerprint density at radius 1 is 1.14 bits per heavy atom. The molecule has 4 aromatic rings. The van der Waals surface area contributed by atoms with Crippen molar-refractivity contribution in [3.63, 3.8) is 0 Å². The highest BCUT2D eigenvalue weighted by molar-refractivity contribution is 7.99. The van der Waals surface area contributed by atoms with Crippen LogP contribution in [0, 0.1) is 5.82 Å². The minimum atomic E-state index is -0.344. The summed E-state index contributed by atoms with van der Waals surface area (Å²) in [7, 11) is 1.74. The molecule has 2 aromatic heterocycles. The fourth-order valence-corrected chi connectivity index (χ4v) is 3.22. The third-order valence-corrected chi connectivity index (χ3v) is 4.96. The Morgan fingerprint density at radius 3 is 2.66 bits per heavy atom. The van der Waals surface area contributed by atoms with Crippen LogP contribution in [-0.4, -0.2) is 36.6 Å². The van der Waals surface area contributed by atoms with Gasteiger partial charge in [-0.3, -0.25) is 4.79 Å². The Bertz CT molecular complexity index is 1130. The normalized spacial score (nSPS) is 10.8. The van der Waals surface area contributed by atoms with Gasteiger partial charge >= 0.3 is 0 Å². The first-order valence-electron chi connectivity index (χ1n) is 8.57. The van der Waals surface area contributed by atoms with Gasteiger partial charge in [-0.25, -0.2) is 4.39 Å². The lowest BCUT2D eigenvalue weighted by atomic mass is 10.2. The highest BCUT2D eigenvalue weighted by Crippen LogP contribution is 2.24. The standard InChI is InChI=1S/C19H15FN6O2S/c1-26-17(18-22-16(25-28-18)12-7-9-13(20)10-8-12)23-24-19(26)29-11-15(27)21-14-5-3-2-4-6-14/h2-10H,11H2,1H3,(H,21,27). The van der Waals surface area contributed by atoms with E-state index in [1.807, 2.05) is 30.3 Å². The highest BCUT2D eigenvalue weighted by Gasteiger charge is 2.19. The summed E-state index contributed by atoms with van der Waals surface area (Å²) >= 11 is 1.24. The molecule has 10 heteroatoms. The highest BCUT2D eigenvalue weighted by atomic mass is 32.2. The van der Waals surface area contributed by atoms with E-state index < -0.39 is 0 Å². The molecule has 0 aliphatic rings. The van der Waals surface area contributed by atoms with Crippen LogP contribution in [0.5, 0.6) is 0 Å². The van der Waals surface area contributed by atoms with Crippen LogP contribution in [0.25, 0.3) is 23.1 Å². The number of hydrogen-bond donors (Lipinski definition) is 1. The molecular formula is C19H15FN6O2S. The van der Waals surface area contributed by atoms with Crippen molar-refractivity contribution in [1.82, 2.24) is 24.9 Å². The SMILES string of the molecule is Cn1c(SCC(=O)Nc2ccccc2)nnc1-c1nc(-c2ccc(F)cc2)no1. The van der Waals surface area contributed by atoms with E-state index >= 15 is 0 Å². The number of hydrogen-bond acceptors (Lipinski definition) is 7. The number of anilines is 1. The van der Waals surface area contributed by atoms with Crippen LogP contribution in [0.4, 0.5) is 10.1 Å². The van der Waals surface area contributed by atoms with Crippen molar-refractivity contribution >= 4 is 23.4 Å². The van der Waals surface area contributed by atoms with E-state index in [1.54, 1.807) is 23.7 Å². The Kier molecular flexibility index (Phi) is 5.34. The largest absolute Gasteiger partial charge is 0.330 e. The van der Waals surface area contributed by atoms with E-state index in [0.29, 0.717) is 22.4 Å². The van der Waals surface area contributed by atoms with Crippen molar-refractivity contribution in [2.24, 2.45) is 7.05 Å². The molecule has 0 fully saturated rings. The zero-order valence-electron chi connectivity index (χ0n) is 15.2. The summed E-state index contributed by atoms with van der Waals surface area (Å²) in [4.78, 5) is 16.4. The van der Waals surface area contributed by atoms with Gasteiger partial charge in [-0.1, -0.05) is 35.1 Å². The van der Waals surface area contributed by atoms with Gasteiger partial charge in [0.05, 0.1) is 5.75 Å². The van der Waals surface area contributed by atoms with Crippen molar-refractivity contribution in [1.29, 1.82) is 0 Å². The number of para-hydroxylation sites is 1. The molecule has 0 radical (unpaired) electrons. The molecule has 0 saturated heterocycles. The summed E-state index contributed by atoms with van der Waals surface area (Å²) in [6, 6.07) is 15.0. The predicted octanol–water partition coefficient (Wildman–Crippen LogP) is 3.40. The molecule has 4 rings (SSSR count). The van der Waals surface area contributed by atoms with Crippen molar-refractivity contribution in [3.8, 4) is 23.1 Å². The second-order valence-corrected chi connectivity index (χ2v) is 6.94. The lowest BCUT2D eigenvalue weighted by molar-refractivity contribution is -0.113. The summed E-state index contributed by atoms with van der Waals surface area (Å²) in [6.45, 7) is 0. The van der Waals surface area contributed by atoms with E-state index in [2.05, 4.69) is 25.7 Å². The Balaban J connectivity index is 1.43. The maximum atomic E-state index is 13.1. The van der Waals surface area contributed by atoms with Gasteiger partial charge in [0.15, 0.2) is 5.16 Å². The average molecular weight is 410 g/mol. The van der Waals surface area contributed by atoms with Gasteiger partial charge in [-0.15, -0.1) is 10.2 Å². The quantitative estimate of drug-likeness (QED) is 0.486. The van der Waals surface area contributed by atoms with Crippen LogP contribution in [-0.2, 0) is 11.8 Å². The summed E-state index contributed by atoms with van der Waals surface area (Å²) in [5.74, 6) is 0.549. The molecule has 2 aromatic carbocycles. The first kappa shape index (κ1) is 18.8. The molecule has 1 N–H and O–H groups in total. The van der Waals surface area contributed by atoms with E-state index in [0.717, 1.165) is 5.69 Å². The number of nitrogens with zero attached hydrogens (tertiary/aromatic N) is 5. The zero-order valence-corrected chi connectivity index (χ0v) is 16.1. The number of halogens is 1. The number of thioether (sulfide) groups is 1. The Hall–Kier alpha value is -3.53.